The van der Waals surface area contributed by atoms with Crippen LogP contribution in [0.4, 0.5) is 0 Å². The first-order chi connectivity index (χ1) is 7.75. The molecule has 0 bridgehead atoms. The number of hydrogen-bond acceptors (Lipinski definition) is 1. The molecule has 2 aromatic rings. The lowest BCUT2D eigenvalue weighted by Gasteiger charge is -2.01. The van der Waals surface area contributed by atoms with E-state index in [1.54, 1.807) is 6.20 Å². The zero-order valence-electron chi connectivity index (χ0n) is 9.02. The van der Waals surface area contributed by atoms with Crippen molar-refractivity contribution in [3.8, 4) is 0 Å². The molecule has 1 heterocycles. The van der Waals surface area contributed by atoms with Gasteiger partial charge in [0.15, 0.2) is 0 Å². The first-order valence-electron chi connectivity index (χ1n) is 5.11. The Morgan fingerprint density at radius 1 is 1.12 bits per heavy atom. The summed E-state index contributed by atoms with van der Waals surface area (Å²) in [6, 6.07) is 14.2. The largest absolute Gasteiger partial charge is 0.257 e. The van der Waals surface area contributed by atoms with Crippen molar-refractivity contribution in [3.63, 3.8) is 0 Å². The molecule has 2 rings (SSSR count). The predicted molar refractivity (Wildman–Crippen MR) is 71.9 cm³/mol. The third-order valence-electron chi connectivity index (χ3n) is 2.35. The fourth-order valence-electron chi connectivity index (χ4n) is 1.48. The molecule has 1 aromatic carbocycles. The molecular formula is C14H12BrN. The molecule has 2 heteroatoms. The maximum atomic E-state index is 4.28. The highest BCUT2D eigenvalue weighted by Crippen LogP contribution is 2.19. The molecule has 0 fully saturated rings. The fraction of sp³-hybridized carbons (Fsp3) is 0.0714. The van der Waals surface area contributed by atoms with Crippen LogP contribution in [0.15, 0.2) is 53.1 Å². The van der Waals surface area contributed by atoms with Crippen LogP contribution in [0.3, 0.4) is 0 Å². The first-order valence-corrected chi connectivity index (χ1v) is 5.90. The summed E-state index contributed by atoms with van der Waals surface area (Å²) in [5.41, 5.74) is 3.42. The quantitative estimate of drug-likeness (QED) is 0.790. The maximum Gasteiger partial charge on any atom is 0.0632 e. The maximum absolute atomic E-state index is 4.28. The molecule has 0 N–H and O–H groups in total. The van der Waals surface area contributed by atoms with Gasteiger partial charge in [0.05, 0.1) is 5.69 Å². The van der Waals surface area contributed by atoms with Crippen molar-refractivity contribution in [1.29, 1.82) is 0 Å². The third kappa shape index (κ3) is 2.80. The molecule has 0 atom stereocenters. The Morgan fingerprint density at radius 2 is 1.88 bits per heavy atom. The van der Waals surface area contributed by atoms with E-state index in [4.69, 9.17) is 0 Å². The summed E-state index contributed by atoms with van der Waals surface area (Å²) in [4.78, 5) is 4.28. The van der Waals surface area contributed by atoms with E-state index in [-0.39, 0.29) is 0 Å². The van der Waals surface area contributed by atoms with Crippen molar-refractivity contribution in [2.75, 3.05) is 0 Å². The molecule has 0 radical (unpaired) electrons. The monoisotopic (exact) mass is 273 g/mol. The zero-order chi connectivity index (χ0) is 11.4. The summed E-state index contributed by atoms with van der Waals surface area (Å²) < 4.78 is 1.10. The summed E-state index contributed by atoms with van der Waals surface area (Å²) in [6.45, 7) is 2.10. The Kier molecular flexibility index (Phi) is 3.52. The lowest BCUT2D eigenvalue weighted by Crippen LogP contribution is -1.82. The van der Waals surface area contributed by atoms with Crippen LogP contribution in [0.25, 0.3) is 11.6 Å². The third-order valence-corrected chi connectivity index (χ3v) is 2.88. The van der Waals surface area contributed by atoms with Gasteiger partial charge in [-0.2, -0.15) is 0 Å². The topological polar surface area (TPSA) is 12.9 Å². The van der Waals surface area contributed by atoms with E-state index in [1.807, 2.05) is 30.3 Å². The fourth-order valence-corrected chi connectivity index (χ4v) is 1.74. The van der Waals surface area contributed by atoms with Crippen LogP contribution in [-0.4, -0.2) is 4.98 Å². The summed E-state index contributed by atoms with van der Waals surface area (Å²) in [7, 11) is 0. The Labute approximate surface area is 104 Å². The molecule has 0 unspecified atom stereocenters. The molecule has 0 aliphatic carbocycles. The highest BCUT2D eigenvalue weighted by Gasteiger charge is 1.96. The molecule has 0 saturated carbocycles. The lowest BCUT2D eigenvalue weighted by atomic mass is 10.1. The Bertz CT molecular complexity index is 486. The van der Waals surface area contributed by atoms with Gasteiger partial charge < -0.3 is 0 Å². The standard InChI is InChI=1S/C14H12BrN/c1-11(10-14-4-2-3-9-16-14)12-5-7-13(15)8-6-12/h2-10H,1H3/b11-10-. The summed E-state index contributed by atoms with van der Waals surface area (Å²) >= 11 is 3.43. The van der Waals surface area contributed by atoms with Crippen LogP contribution in [0.2, 0.25) is 0 Å². The molecular weight excluding hydrogens is 262 g/mol. The van der Waals surface area contributed by atoms with E-state index in [1.165, 1.54) is 11.1 Å². The normalized spacial score (nSPS) is 11.5. The summed E-state index contributed by atoms with van der Waals surface area (Å²) in [6.07, 6.45) is 3.89. The predicted octanol–water partition coefficient (Wildman–Crippen LogP) is 4.40. The molecule has 0 spiro atoms. The van der Waals surface area contributed by atoms with E-state index >= 15 is 0 Å². The van der Waals surface area contributed by atoms with Gasteiger partial charge in [0.1, 0.15) is 0 Å². The number of halogens is 1. The number of rotatable bonds is 2. The number of hydrogen-bond donors (Lipinski definition) is 0. The van der Waals surface area contributed by atoms with Gasteiger partial charge in [-0.3, -0.25) is 4.98 Å². The number of allylic oxidation sites excluding steroid dienone is 1. The second kappa shape index (κ2) is 5.08. The van der Waals surface area contributed by atoms with Crippen molar-refractivity contribution < 1.29 is 0 Å². The van der Waals surface area contributed by atoms with E-state index in [9.17, 15) is 0 Å². The average Bonchev–Trinajstić information content (AvgIpc) is 2.31. The molecule has 16 heavy (non-hydrogen) atoms. The van der Waals surface area contributed by atoms with Crippen LogP contribution >= 0.6 is 15.9 Å². The van der Waals surface area contributed by atoms with E-state index in [0.29, 0.717) is 0 Å². The minimum absolute atomic E-state index is 0.989. The highest BCUT2D eigenvalue weighted by molar-refractivity contribution is 9.10. The number of pyridine rings is 1. The zero-order valence-corrected chi connectivity index (χ0v) is 10.6. The second-order valence-corrected chi connectivity index (χ2v) is 4.50. The minimum atomic E-state index is 0.989. The first kappa shape index (κ1) is 11.1. The van der Waals surface area contributed by atoms with Gasteiger partial charge in [-0.15, -0.1) is 0 Å². The molecule has 0 amide bonds. The molecule has 1 aromatic heterocycles. The SMILES string of the molecule is C/C(=C/c1ccccn1)c1ccc(Br)cc1. The van der Waals surface area contributed by atoms with Crippen LogP contribution < -0.4 is 0 Å². The van der Waals surface area contributed by atoms with Crippen molar-refractivity contribution >= 4 is 27.6 Å². The van der Waals surface area contributed by atoms with E-state index < -0.39 is 0 Å². The van der Waals surface area contributed by atoms with Crippen LogP contribution in [-0.2, 0) is 0 Å². The Morgan fingerprint density at radius 3 is 2.50 bits per heavy atom. The summed E-state index contributed by atoms with van der Waals surface area (Å²) in [5, 5.41) is 0. The van der Waals surface area contributed by atoms with Crippen molar-refractivity contribution in [3.05, 3.63) is 64.4 Å². The molecule has 0 saturated heterocycles. The van der Waals surface area contributed by atoms with Gasteiger partial charge in [0.25, 0.3) is 0 Å². The Hall–Kier alpha value is -1.41. The molecule has 80 valence electrons. The van der Waals surface area contributed by atoms with E-state index in [2.05, 4.69) is 46.0 Å². The lowest BCUT2D eigenvalue weighted by molar-refractivity contribution is 1.29. The smallest absolute Gasteiger partial charge is 0.0632 e. The van der Waals surface area contributed by atoms with Crippen LogP contribution in [0.1, 0.15) is 18.2 Å². The van der Waals surface area contributed by atoms with Gasteiger partial charge in [-0.25, -0.2) is 0 Å². The Balaban J connectivity index is 2.28. The summed E-state index contributed by atoms with van der Waals surface area (Å²) in [5.74, 6) is 0. The van der Waals surface area contributed by atoms with E-state index in [0.717, 1.165) is 10.2 Å². The van der Waals surface area contributed by atoms with Crippen molar-refractivity contribution in [2.24, 2.45) is 0 Å². The minimum Gasteiger partial charge on any atom is -0.257 e. The van der Waals surface area contributed by atoms with Gasteiger partial charge in [-0.05, 0) is 48.4 Å². The van der Waals surface area contributed by atoms with Gasteiger partial charge in [0, 0.05) is 10.7 Å². The number of benzene rings is 1. The highest BCUT2D eigenvalue weighted by atomic mass is 79.9. The second-order valence-electron chi connectivity index (χ2n) is 3.59. The molecule has 1 nitrogen and oxygen atoms in total. The molecule has 0 aliphatic heterocycles. The van der Waals surface area contributed by atoms with Crippen LogP contribution in [0, 0.1) is 0 Å². The van der Waals surface area contributed by atoms with Crippen LogP contribution in [0.5, 0.6) is 0 Å². The van der Waals surface area contributed by atoms with Gasteiger partial charge in [-0.1, -0.05) is 34.1 Å². The van der Waals surface area contributed by atoms with Crippen molar-refractivity contribution in [2.45, 2.75) is 6.92 Å². The number of aromatic nitrogens is 1. The molecule has 0 aliphatic rings. The number of nitrogens with zero attached hydrogens (tertiary/aromatic N) is 1. The van der Waals surface area contributed by atoms with Gasteiger partial charge >= 0.3 is 0 Å². The van der Waals surface area contributed by atoms with Gasteiger partial charge in [0.2, 0.25) is 0 Å². The average molecular weight is 274 g/mol. The van der Waals surface area contributed by atoms with Crippen molar-refractivity contribution in [1.82, 2.24) is 4.98 Å².